The van der Waals surface area contributed by atoms with Gasteiger partial charge in [-0.25, -0.2) is 4.79 Å². The van der Waals surface area contributed by atoms with Crippen molar-refractivity contribution in [2.45, 2.75) is 0 Å². The van der Waals surface area contributed by atoms with Gasteiger partial charge in [0, 0.05) is 20.2 Å². The zero-order chi connectivity index (χ0) is 15.6. The van der Waals surface area contributed by atoms with Crippen molar-refractivity contribution in [2.24, 2.45) is 0 Å². The molecule has 4 N–H and O–H groups in total. The number of anilines is 2. The van der Waals surface area contributed by atoms with Gasteiger partial charge in [-0.1, -0.05) is 31.9 Å². The number of rotatable bonds is 3. The molecule has 0 aromatic heterocycles. The van der Waals surface area contributed by atoms with Gasteiger partial charge in [0.05, 0.1) is 11.3 Å². The molecule has 2 aromatic rings. The van der Waals surface area contributed by atoms with Crippen LogP contribution in [-0.4, -0.2) is 17.0 Å². The number of nitrogens with two attached hydrogens (primary N) is 1. The summed E-state index contributed by atoms with van der Waals surface area (Å²) < 4.78 is 1.47. The molecule has 0 radical (unpaired) electrons. The second-order valence-corrected chi connectivity index (χ2v) is 6.05. The van der Waals surface area contributed by atoms with E-state index in [4.69, 9.17) is 10.8 Å². The number of amides is 1. The SMILES string of the molecule is Nc1ccc(NC(=O)c2cc(Br)cc(Br)c2)c(C(=O)O)c1. The van der Waals surface area contributed by atoms with Gasteiger partial charge < -0.3 is 16.2 Å². The Morgan fingerprint density at radius 3 is 2.24 bits per heavy atom. The largest absolute Gasteiger partial charge is 0.478 e. The van der Waals surface area contributed by atoms with E-state index in [1.807, 2.05) is 0 Å². The van der Waals surface area contributed by atoms with Crippen LogP contribution >= 0.6 is 31.9 Å². The van der Waals surface area contributed by atoms with Gasteiger partial charge >= 0.3 is 5.97 Å². The molecule has 0 spiro atoms. The van der Waals surface area contributed by atoms with E-state index < -0.39 is 11.9 Å². The normalized spacial score (nSPS) is 10.2. The van der Waals surface area contributed by atoms with Crippen molar-refractivity contribution in [3.63, 3.8) is 0 Å². The van der Waals surface area contributed by atoms with Crippen molar-refractivity contribution in [3.05, 3.63) is 56.5 Å². The molecule has 0 saturated heterocycles. The van der Waals surface area contributed by atoms with Crippen LogP contribution in [0.1, 0.15) is 20.7 Å². The van der Waals surface area contributed by atoms with Crippen LogP contribution in [0.5, 0.6) is 0 Å². The third kappa shape index (κ3) is 3.83. The van der Waals surface area contributed by atoms with E-state index in [1.165, 1.54) is 18.2 Å². The first-order valence-corrected chi connectivity index (χ1v) is 7.35. The fraction of sp³-hybridized carbons (Fsp3) is 0. The molecule has 2 aromatic carbocycles. The Hall–Kier alpha value is -1.86. The van der Waals surface area contributed by atoms with Crippen molar-refractivity contribution in [3.8, 4) is 0 Å². The highest BCUT2D eigenvalue weighted by atomic mass is 79.9. The molecule has 0 heterocycles. The van der Waals surface area contributed by atoms with E-state index in [9.17, 15) is 9.59 Å². The summed E-state index contributed by atoms with van der Waals surface area (Å²) in [5.41, 5.74) is 6.40. The summed E-state index contributed by atoms with van der Waals surface area (Å²) >= 11 is 6.59. The fourth-order valence-corrected chi connectivity index (χ4v) is 3.02. The van der Waals surface area contributed by atoms with Gasteiger partial charge in [0.25, 0.3) is 5.91 Å². The molecule has 0 bridgehead atoms. The highest BCUT2D eigenvalue weighted by molar-refractivity contribution is 9.11. The topological polar surface area (TPSA) is 92.4 Å². The lowest BCUT2D eigenvalue weighted by Crippen LogP contribution is -2.15. The zero-order valence-corrected chi connectivity index (χ0v) is 13.7. The minimum atomic E-state index is -1.16. The van der Waals surface area contributed by atoms with E-state index in [1.54, 1.807) is 18.2 Å². The molecule has 21 heavy (non-hydrogen) atoms. The van der Waals surface area contributed by atoms with Crippen molar-refractivity contribution in [1.29, 1.82) is 0 Å². The zero-order valence-electron chi connectivity index (χ0n) is 10.6. The number of aromatic carboxylic acids is 1. The van der Waals surface area contributed by atoms with Gasteiger partial charge in [0.2, 0.25) is 0 Å². The first kappa shape index (κ1) is 15.5. The lowest BCUT2D eigenvalue weighted by atomic mass is 10.1. The molecule has 2 rings (SSSR count). The minimum absolute atomic E-state index is 0.0580. The maximum Gasteiger partial charge on any atom is 0.337 e. The van der Waals surface area contributed by atoms with Gasteiger partial charge in [0.1, 0.15) is 0 Å². The summed E-state index contributed by atoms with van der Waals surface area (Å²) in [4.78, 5) is 23.4. The number of hydrogen-bond donors (Lipinski definition) is 3. The van der Waals surface area contributed by atoms with Gasteiger partial charge in [-0.2, -0.15) is 0 Å². The first-order valence-electron chi connectivity index (χ1n) is 5.77. The van der Waals surface area contributed by atoms with Crippen LogP contribution in [0.25, 0.3) is 0 Å². The number of nitrogens with one attached hydrogen (secondary N) is 1. The maximum absolute atomic E-state index is 12.2. The van der Waals surface area contributed by atoms with E-state index in [0.717, 1.165) is 8.95 Å². The molecule has 108 valence electrons. The van der Waals surface area contributed by atoms with Crippen molar-refractivity contribution >= 4 is 55.1 Å². The molecule has 0 aliphatic heterocycles. The van der Waals surface area contributed by atoms with Crippen LogP contribution < -0.4 is 11.1 Å². The Morgan fingerprint density at radius 1 is 1.05 bits per heavy atom. The second kappa shape index (κ2) is 6.28. The van der Waals surface area contributed by atoms with Crippen molar-refractivity contribution in [2.75, 3.05) is 11.1 Å². The van der Waals surface area contributed by atoms with Crippen LogP contribution in [-0.2, 0) is 0 Å². The number of nitrogen functional groups attached to an aromatic ring is 1. The van der Waals surface area contributed by atoms with E-state index in [-0.39, 0.29) is 11.3 Å². The number of hydrogen-bond acceptors (Lipinski definition) is 3. The van der Waals surface area contributed by atoms with E-state index in [0.29, 0.717) is 11.3 Å². The Balaban J connectivity index is 2.33. The van der Waals surface area contributed by atoms with E-state index >= 15 is 0 Å². The predicted molar refractivity (Wildman–Crippen MR) is 87.6 cm³/mol. The molecule has 0 saturated carbocycles. The number of benzene rings is 2. The molecule has 0 fully saturated rings. The minimum Gasteiger partial charge on any atom is -0.478 e. The van der Waals surface area contributed by atoms with E-state index in [2.05, 4.69) is 37.2 Å². The average Bonchev–Trinajstić information content (AvgIpc) is 2.39. The third-order valence-electron chi connectivity index (χ3n) is 2.65. The molecule has 0 aliphatic rings. The van der Waals surface area contributed by atoms with Crippen molar-refractivity contribution < 1.29 is 14.7 Å². The van der Waals surface area contributed by atoms with Gasteiger partial charge in [-0.3, -0.25) is 4.79 Å². The van der Waals surface area contributed by atoms with Crippen LogP contribution in [0, 0.1) is 0 Å². The molecule has 0 atom stereocenters. The molecule has 7 heteroatoms. The quantitative estimate of drug-likeness (QED) is 0.668. The lowest BCUT2D eigenvalue weighted by molar-refractivity contribution is 0.0698. The van der Waals surface area contributed by atoms with Crippen LogP contribution in [0.3, 0.4) is 0 Å². The van der Waals surface area contributed by atoms with Crippen molar-refractivity contribution in [1.82, 2.24) is 0 Å². The van der Waals surface area contributed by atoms with Gasteiger partial charge in [-0.15, -0.1) is 0 Å². The number of halogens is 2. The Kier molecular flexibility index (Phi) is 4.64. The van der Waals surface area contributed by atoms with Gasteiger partial charge in [-0.05, 0) is 36.4 Å². The summed E-state index contributed by atoms with van der Waals surface area (Å²) in [6, 6.07) is 9.36. The summed E-state index contributed by atoms with van der Waals surface area (Å²) in [6.45, 7) is 0. The highest BCUT2D eigenvalue weighted by Gasteiger charge is 2.14. The lowest BCUT2D eigenvalue weighted by Gasteiger charge is -2.10. The van der Waals surface area contributed by atoms with Crippen LogP contribution in [0.15, 0.2) is 45.3 Å². The number of carbonyl (C=O) groups excluding carboxylic acids is 1. The maximum atomic E-state index is 12.2. The summed E-state index contributed by atoms with van der Waals surface area (Å²) in [5, 5.41) is 11.7. The number of carbonyl (C=O) groups is 2. The van der Waals surface area contributed by atoms with Gasteiger partial charge in [0.15, 0.2) is 0 Å². The predicted octanol–water partition coefficient (Wildman–Crippen LogP) is 3.74. The summed E-state index contributed by atoms with van der Waals surface area (Å²) in [6.07, 6.45) is 0. The monoisotopic (exact) mass is 412 g/mol. The summed E-state index contributed by atoms with van der Waals surface area (Å²) in [5.74, 6) is -1.57. The number of carboxylic acids is 1. The molecule has 0 unspecified atom stereocenters. The highest BCUT2D eigenvalue weighted by Crippen LogP contribution is 2.23. The number of carboxylic acid groups (broad SMARTS) is 1. The molecular weight excluding hydrogens is 404 g/mol. The fourth-order valence-electron chi connectivity index (χ4n) is 1.73. The van der Waals surface area contributed by atoms with Crippen LogP contribution in [0.4, 0.5) is 11.4 Å². The smallest absolute Gasteiger partial charge is 0.337 e. The molecule has 0 aliphatic carbocycles. The Bertz CT molecular complexity index is 712. The summed E-state index contributed by atoms with van der Waals surface area (Å²) in [7, 11) is 0. The molecular formula is C14H10Br2N2O3. The van der Waals surface area contributed by atoms with Crippen LogP contribution in [0.2, 0.25) is 0 Å². The average molecular weight is 414 g/mol. The first-order chi connectivity index (χ1) is 9.86. The second-order valence-electron chi connectivity index (χ2n) is 4.22. The Morgan fingerprint density at radius 2 is 1.67 bits per heavy atom. The third-order valence-corrected chi connectivity index (χ3v) is 3.56. The molecule has 5 nitrogen and oxygen atoms in total. The standard InChI is InChI=1S/C14H10Br2N2O3/c15-8-3-7(4-9(16)5-8)13(19)18-12-2-1-10(17)6-11(12)14(20)21/h1-6H,17H2,(H,18,19)(H,20,21). The Labute approximate surface area is 137 Å². The molecule has 1 amide bonds.